The maximum atomic E-state index is 3.93. The quantitative estimate of drug-likeness (QED) is 0.854. The molecular weight excluding hydrogens is 256 g/mol. The largest absolute Gasteiger partial charge is 0.361 e. The third kappa shape index (κ3) is 1.88. The van der Waals surface area contributed by atoms with Gasteiger partial charge in [0.1, 0.15) is 0 Å². The van der Waals surface area contributed by atoms with Gasteiger partial charge in [0.2, 0.25) is 0 Å². The van der Waals surface area contributed by atoms with Gasteiger partial charge in [-0.25, -0.2) is 0 Å². The number of nitrogens with one attached hydrogen (secondary N) is 2. The van der Waals surface area contributed by atoms with Crippen molar-refractivity contribution < 1.29 is 0 Å². The van der Waals surface area contributed by atoms with Crippen LogP contribution in [0.3, 0.4) is 0 Å². The standard InChI is InChI=1S/C19H26N2/c1-18(2)14-7-9-19(3,11-14)17(18)21-12-13-5-4-6-16-15(13)8-10-20-16/h4-6,8,10,14,17,20-21H,7,9,11-12H2,1-3H3. The number of hydrogen-bond acceptors (Lipinski definition) is 1. The summed E-state index contributed by atoms with van der Waals surface area (Å²) in [5.41, 5.74) is 3.59. The van der Waals surface area contributed by atoms with Gasteiger partial charge in [0.05, 0.1) is 0 Å². The maximum Gasteiger partial charge on any atom is 0.0457 e. The smallest absolute Gasteiger partial charge is 0.0457 e. The number of H-pyrrole nitrogens is 1. The lowest BCUT2D eigenvalue weighted by molar-refractivity contribution is 0.108. The highest BCUT2D eigenvalue weighted by atomic mass is 15.0. The SMILES string of the molecule is CC12CCC(C1)C(C)(C)C2NCc1cccc2[nH]ccc12. The molecule has 2 nitrogen and oxygen atoms in total. The Kier molecular flexibility index (Phi) is 2.78. The molecule has 2 aliphatic carbocycles. The molecular formula is C19H26N2. The van der Waals surface area contributed by atoms with Crippen LogP contribution in [0.5, 0.6) is 0 Å². The Morgan fingerprint density at radius 1 is 1.24 bits per heavy atom. The Bertz CT molecular complexity index is 664. The van der Waals surface area contributed by atoms with Crippen molar-refractivity contribution in [2.45, 2.75) is 52.6 Å². The molecule has 0 saturated heterocycles. The van der Waals surface area contributed by atoms with Gasteiger partial charge in [-0.1, -0.05) is 32.9 Å². The minimum Gasteiger partial charge on any atom is -0.361 e. The molecule has 1 aromatic heterocycles. The molecule has 2 N–H and O–H groups in total. The van der Waals surface area contributed by atoms with Crippen LogP contribution in [0, 0.1) is 16.7 Å². The Morgan fingerprint density at radius 3 is 2.86 bits per heavy atom. The van der Waals surface area contributed by atoms with Crippen molar-refractivity contribution in [2.75, 3.05) is 0 Å². The molecule has 0 amide bonds. The molecule has 0 radical (unpaired) electrons. The first-order valence-electron chi connectivity index (χ1n) is 8.29. The van der Waals surface area contributed by atoms with Crippen LogP contribution < -0.4 is 5.32 Å². The number of rotatable bonds is 3. The van der Waals surface area contributed by atoms with Gasteiger partial charge in [-0.2, -0.15) is 0 Å². The second-order valence-corrected chi connectivity index (χ2v) is 8.09. The van der Waals surface area contributed by atoms with Crippen molar-refractivity contribution in [2.24, 2.45) is 16.7 Å². The Morgan fingerprint density at radius 2 is 2.10 bits per heavy atom. The summed E-state index contributed by atoms with van der Waals surface area (Å²) in [4.78, 5) is 3.31. The molecule has 21 heavy (non-hydrogen) atoms. The van der Waals surface area contributed by atoms with E-state index >= 15 is 0 Å². The normalized spacial score (nSPS) is 33.9. The minimum atomic E-state index is 0.430. The molecule has 2 aliphatic rings. The van der Waals surface area contributed by atoms with Crippen molar-refractivity contribution in [3.05, 3.63) is 36.0 Å². The summed E-state index contributed by atoms with van der Waals surface area (Å²) in [7, 11) is 0. The number of fused-ring (bicyclic) bond motifs is 3. The van der Waals surface area contributed by atoms with Crippen molar-refractivity contribution in [1.82, 2.24) is 10.3 Å². The summed E-state index contributed by atoms with van der Waals surface area (Å²) in [6.07, 6.45) is 6.27. The summed E-state index contributed by atoms with van der Waals surface area (Å²) < 4.78 is 0. The first-order valence-corrected chi connectivity index (χ1v) is 8.29. The molecule has 2 saturated carbocycles. The monoisotopic (exact) mass is 282 g/mol. The number of hydrogen-bond donors (Lipinski definition) is 2. The van der Waals surface area contributed by atoms with E-state index in [0.717, 1.165) is 12.5 Å². The van der Waals surface area contributed by atoms with Crippen LogP contribution in [0.25, 0.3) is 10.9 Å². The molecule has 2 fully saturated rings. The van der Waals surface area contributed by atoms with Crippen LogP contribution in [0.4, 0.5) is 0 Å². The molecule has 2 heteroatoms. The Balaban J connectivity index is 1.58. The minimum absolute atomic E-state index is 0.430. The molecule has 2 aromatic rings. The van der Waals surface area contributed by atoms with Crippen molar-refractivity contribution in [3.8, 4) is 0 Å². The van der Waals surface area contributed by atoms with Gasteiger partial charge in [-0.05, 0) is 53.7 Å². The van der Waals surface area contributed by atoms with Crippen LogP contribution in [0.1, 0.15) is 45.6 Å². The van der Waals surface area contributed by atoms with Gasteiger partial charge < -0.3 is 10.3 Å². The number of benzene rings is 1. The fourth-order valence-corrected chi connectivity index (χ4v) is 5.33. The predicted octanol–water partition coefficient (Wildman–Crippen LogP) is 4.47. The highest BCUT2D eigenvalue weighted by Crippen LogP contribution is 2.62. The second kappa shape index (κ2) is 4.36. The second-order valence-electron chi connectivity index (χ2n) is 8.09. The van der Waals surface area contributed by atoms with Crippen LogP contribution in [0.2, 0.25) is 0 Å². The van der Waals surface area contributed by atoms with E-state index < -0.39 is 0 Å². The molecule has 3 atom stereocenters. The Labute approximate surface area is 127 Å². The molecule has 1 heterocycles. The van der Waals surface area contributed by atoms with Gasteiger partial charge in [0.25, 0.3) is 0 Å². The van der Waals surface area contributed by atoms with E-state index in [1.165, 1.54) is 35.7 Å². The third-order valence-electron chi connectivity index (χ3n) is 6.45. The van der Waals surface area contributed by atoms with Gasteiger partial charge in [0.15, 0.2) is 0 Å². The van der Waals surface area contributed by atoms with E-state index in [1.54, 1.807) is 0 Å². The molecule has 112 valence electrons. The average molecular weight is 282 g/mol. The summed E-state index contributed by atoms with van der Waals surface area (Å²) >= 11 is 0. The van der Waals surface area contributed by atoms with Crippen LogP contribution in [-0.2, 0) is 6.54 Å². The van der Waals surface area contributed by atoms with Gasteiger partial charge in [-0.3, -0.25) is 0 Å². The van der Waals surface area contributed by atoms with Crippen LogP contribution >= 0.6 is 0 Å². The van der Waals surface area contributed by atoms with Crippen LogP contribution in [0.15, 0.2) is 30.5 Å². The fourth-order valence-electron chi connectivity index (χ4n) is 5.33. The number of aromatic nitrogens is 1. The van der Waals surface area contributed by atoms with E-state index in [1.807, 2.05) is 6.20 Å². The van der Waals surface area contributed by atoms with E-state index in [9.17, 15) is 0 Å². The van der Waals surface area contributed by atoms with Gasteiger partial charge in [0, 0.05) is 29.7 Å². The zero-order valence-electron chi connectivity index (χ0n) is 13.4. The summed E-state index contributed by atoms with van der Waals surface area (Å²) in [6, 6.07) is 9.40. The fraction of sp³-hybridized carbons (Fsp3) is 0.579. The average Bonchev–Trinajstić information content (AvgIpc) is 3.09. The summed E-state index contributed by atoms with van der Waals surface area (Å²) in [5.74, 6) is 0.906. The van der Waals surface area contributed by atoms with Crippen molar-refractivity contribution >= 4 is 10.9 Å². The molecule has 0 aliphatic heterocycles. The zero-order valence-corrected chi connectivity index (χ0v) is 13.4. The van der Waals surface area contributed by atoms with E-state index in [0.29, 0.717) is 16.9 Å². The lowest BCUT2D eigenvalue weighted by atomic mass is 9.68. The summed E-state index contributed by atoms with van der Waals surface area (Å²) in [5, 5.41) is 5.29. The first kappa shape index (κ1) is 13.4. The summed E-state index contributed by atoms with van der Waals surface area (Å²) in [6.45, 7) is 8.41. The first-order chi connectivity index (χ1) is 10.0. The number of aromatic amines is 1. The highest BCUT2D eigenvalue weighted by Gasteiger charge is 2.58. The molecule has 1 aromatic carbocycles. The third-order valence-corrected chi connectivity index (χ3v) is 6.45. The van der Waals surface area contributed by atoms with Crippen molar-refractivity contribution in [1.29, 1.82) is 0 Å². The Hall–Kier alpha value is -1.28. The van der Waals surface area contributed by atoms with Gasteiger partial charge >= 0.3 is 0 Å². The maximum absolute atomic E-state index is 3.93. The molecule has 3 unspecified atom stereocenters. The van der Waals surface area contributed by atoms with E-state index in [4.69, 9.17) is 0 Å². The van der Waals surface area contributed by atoms with E-state index in [-0.39, 0.29) is 0 Å². The van der Waals surface area contributed by atoms with Crippen LogP contribution in [-0.4, -0.2) is 11.0 Å². The molecule has 4 rings (SSSR count). The lowest BCUT2D eigenvalue weighted by Crippen LogP contribution is -2.49. The lowest BCUT2D eigenvalue weighted by Gasteiger charge is -2.43. The van der Waals surface area contributed by atoms with Gasteiger partial charge in [-0.15, -0.1) is 0 Å². The predicted molar refractivity (Wildman–Crippen MR) is 88.2 cm³/mol. The van der Waals surface area contributed by atoms with E-state index in [2.05, 4.69) is 55.3 Å². The van der Waals surface area contributed by atoms with Crippen molar-refractivity contribution in [3.63, 3.8) is 0 Å². The zero-order chi connectivity index (χ0) is 14.7. The molecule has 2 bridgehead atoms. The highest BCUT2D eigenvalue weighted by molar-refractivity contribution is 5.82. The molecule has 0 spiro atoms. The topological polar surface area (TPSA) is 27.8 Å².